The fourth-order valence-electron chi connectivity index (χ4n) is 4.04. The molecule has 8 heteroatoms. The molecule has 0 saturated heterocycles. The van der Waals surface area contributed by atoms with Gasteiger partial charge in [-0.3, -0.25) is 4.79 Å². The molecular formula is C19H19ClFN3O3. The maximum Gasteiger partial charge on any atom is 0.341 e. The molecule has 0 unspecified atom stereocenters. The molecule has 5 rings (SSSR count). The van der Waals surface area contributed by atoms with Gasteiger partial charge in [-0.15, -0.1) is 12.4 Å². The van der Waals surface area contributed by atoms with Gasteiger partial charge in [0.1, 0.15) is 11.4 Å². The Hall–Kier alpha value is -2.38. The third-order valence-electron chi connectivity index (χ3n) is 5.55. The molecule has 1 aliphatic carbocycles. The van der Waals surface area contributed by atoms with E-state index in [0.29, 0.717) is 24.3 Å². The zero-order valence-electron chi connectivity index (χ0n) is 14.5. The number of hydrogen-bond donors (Lipinski definition) is 2. The molecule has 1 aromatic heterocycles. The number of pyridine rings is 1. The first-order valence-electron chi connectivity index (χ1n) is 8.80. The highest BCUT2D eigenvalue weighted by atomic mass is 35.5. The van der Waals surface area contributed by atoms with E-state index in [2.05, 4.69) is 5.32 Å². The molecule has 3 aliphatic rings. The van der Waals surface area contributed by atoms with Crippen molar-refractivity contribution in [2.24, 2.45) is 0 Å². The van der Waals surface area contributed by atoms with Crippen molar-refractivity contribution in [1.29, 1.82) is 0 Å². The molecule has 1 saturated carbocycles. The molecule has 0 atom stereocenters. The first kappa shape index (κ1) is 18.0. The quantitative estimate of drug-likeness (QED) is 0.785. The van der Waals surface area contributed by atoms with E-state index < -0.39 is 17.2 Å². The van der Waals surface area contributed by atoms with Gasteiger partial charge < -0.3 is 19.9 Å². The molecule has 142 valence electrons. The minimum absolute atomic E-state index is 0. The molecule has 1 fully saturated rings. The third-order valence-corrected chi connectivity index (χ3v) is 5.55. The number of benzene rings is 1. The average molecular weight is 392 g/mol. The number of anilines is 1. The standard InChI is InChI=1S/C19H18FN3O3.ClH/c20-15-3-13-16(4-17(15)22-7-10-5-21-6-11(10)8-22)23(12-1-2-12)9-14(18(13)24)19(25)26;/h3-4,9,12,21H,1-2,5-8H2,(H,25,26);1H. The lowest BCUT2D eigenvalue weighted by atomic mass is 10.1. The van der Waals surface area contributed by atoms with Gasteiger partial charge in [-0.2, -0.15) is 0 Å². The first-order chi connectivity index (χ1) is 12.5. The Morgan fingerprint density at radius 3 is 2.44 bits per heavy atom. The number of carboxylic acid groups (broad SMARTS) is 1. The molecule has 0 spiro atoms. The summed E-state index contributed by atoms with van der Waals surface area (Å²) in [5, 5.41) is 12.8. The van der Waals surface area contributed by atoms with Crippen molar-refractivity contribution >= 4 is 35.0 Å². The molecule has 2 aliphatic heterocycles. The smallest absolute Gasteiger partial charge is 0.341 e. The summed E-state index contributed by atoms with van der Waals surface area (Å²) in [5.41, 5.74) is 2.79. The number of aromatic carboxylic acids is 1. The first-order valence-corrected chi connectivity index (χ1v) is 8.80. The van der Waals surface area contributed by atoms with Crippen LogP contribution in [0, 0.1) is 5.82 Å². The van der Waals surface area contributed by atoms with Crippen molar-refractivity contribution in [1.82, 2.24) is 9.88 Å². The summed E-state index contributed by atoms with van der Waals surface area (Å²) >= 11 is 0. The fourth-order valence-corrected chi connectivity index (χ4v) is 4.04. The van der Waals surface area contributed by atoms with Crippen molar-refractivity contribution in [2.75, 3.05) is 31.1 Å². The highest BCUT2D eigenvalue weighted by Crippen LogP contribution is 2.38. The van der Waals surface area contributed by atoms with Gasteiger partial charge in [-0.05, 0) is 36.1 Å². The third kappa shape index (κ3) is 2.82. The lowest BCUT2D eigenvalue weighted by molar-refractivity contribution is 0.0695. The molecule has 6 nitrogen and oxygen atoms in total. The zero-order chi connectivity index (χ0) is 18.0. The number of fused-ring (bicyclic) bond motifs is 1. The summed E-state index contributed by atoms with van der Waals surface area (Å²) in [5.74, 6) is -1.75. The molecular weight excluding hydrogens is 373 g/mol. The van der Waals surface area contributed by atoms with E-state index in [0.717, 1.165) is 25.9 Å². The Bertz CT molecular complexity index is 1040. The number of hydrogen-bond acceptors (Lipinski definition) is 4. The van der Waals surface area contributed by atoms with Crippen LogP contribution in [0.1, 0.15) is 29.2 Å². The summed E-state index contributed by atoms with van der Waals surface area (Å²) in [6, 6.07) is 3.10. The van der Waals surface area contributed by atoms with Crippen molar-refractivity contribution in [3.05, 3.63) is 51.1 Å². The molecule has 0 amide bonds. The Kier molecular flexibility index (Phi) is 4.24. The van der Waals surface area contributed by atoms with Crippen LogP contribution in [0.5, 0.6) is 0 Å². The topological polar surface area (TPSA) is 74.6 Å². The molecule has 27 heavy (non-hydrogen) atoms. The molecule has 2 N–H and O–H groups in total. The SMILES string of the molecule is Cl.O=C(O)c1cn(C2CC2)c2cc(N3CC4=C(CNC4)C3)c(F)cc2c1=O. The van der Waals surface area contributed by atoms with Crippen LogP contribution < -0.4 is 15.6 Å². The van der Waals surface area contributed by atoms with Crippen molar-refractivity contribution in [3.63, 3.8) is 0 Å². The maximum atomic E-state index is 14.8. The fraction of sp³-hybridized carbons (Fsp3) is 0.368. The Morgan fingerprint density at radius 1 is 1.19 bits per heavy atom. The summed E-state index contributed by atoms with van der Waals surface area (Å²) < 4.78 is 16.7. The second kappa shape index (κ2) is 6.35. The number of nitrogens with one attached hydrogen (secondary N) is 1. The molecule has 2 aromatic rings. The van der Waals surface area contributed by atoms with Crippen LogP contribution in [0.15, 0.2) is 34.3 Å². The number of nitrogens with zero attached hydrogens (tertiary/aromatic N) is 2. The number of carbonyl (C=O) groups is 1. The second-order valence-corrected chi connectivity index (χ2v) is 7.30. The predicted molar refractivity (Wildman–Crippen MR) is 103 cm³/mol. The van der Waals surface area contributed by atoms with E-state index in [1.807, 2.05) is 9.47 Å². The Labute approximate surface area is 160 Å². The Morgan fingerprint density at radius 2 is 1.85 bits per heavy atom. The minimum atomic E-state index is -1.27. The van der Waals surface area contributed by atoms with Crippen molar-refractivity contribution in [2.45, 2.75) is 18.9 Å². The van der Waals surface area contributed by atoms with E-state index in [9.17, 15) is 19.1 Å². The highest BCUT2D eigenvalue weighted by molar-refractivity contribution is 5.93. The van der Waals surface area contributed by atoms with Gasteiger partial charge in [0.15, 0.2) is 0 Å². The number of carboxylic acids is 1. The monoisotopic (exact) mass is 391 g/mol. The average Bonchev–Trinajstić information content (AvgIpc) is 3.21. The van der Waals surface area contributed by atoms with E-state index in [1.54, 1.807) is 6.07 Å². The van der Waals surface area contributed by atoms with Gasteiger partial charge >= 0.3 is 5.97 Å². The molecule has 3 heterocycles. The van der Waals surface area contributed by atoms with Gasteiger partial charge in [0.2, 0.25) is 5.43 Å². The van der Waals surface area contributed by atoms with Gasteiger partial charge in [-0.1, -0.05) is 0 Å². The van der Waals surface area contributed by atoms with Gasteiger partial charge in [-0.25, -0.2) is 9.18 Å². The van der Waals surface area contributed by atoms with E-state index >= 15 is 0 Å². The second-order valence-electron chi connectivity index (χ2n) is 7.30. The van der Waals surface area contributed by atoms with Crippen LogP contribution in [0.4, 0.5) is 10.1 Å². The number of aromatic nitrogens is 1. The summed E-state index contributed by atoms with van der Waals surface area (Å²) in [6.45, 7) is 3.06. The van der Waals surface area contributed by atoms with Crippen LogP contribution in [0.2, 0.25) is 0 Å². The zero-order valence-corrected chi connectivity index (χ0v) is 15.3. The van der Waals surface area contributed by atoms with Gasteiger partial charge in [0.05, 0.1) is 11.2 Å². The van der Waals surface area contributed by atoms with Crippen LogP contribution in [0.25, 0.3) is 10.9 Å². The van der Waals surface area contributed by atoms with Crippen molar-refractivity contribution in [3.8, 4) is 0 Å². The molecule has 0 radical (unpaired) electrons. The summed E-state index contributed by atoms with van der Waals surface area (Å²) in [4.78, 5) is 25.9. The van der Waals surface area contributed by atoms with E-state index in [1.165, 1.54) is 23.4 Å². The predicted octanol–water partition coefficient (Wildman–Crippen LogP) is 2.32. The number of rotatable bonds is 3. The largest absolute Gasteiger partial charge is 0.477 e. The normalized spacial score (nSPS) is 18.8. The Balaban J connectivity index is 0.00000180. The van der Waals surface area contributed by atoms with Crippen LogP contribution >= 0.6 is 12.4 Å². The van der Waals surface area contributed by atoms with E-state index in [4.69, 9.17) is 0 Å². The molecule has 0 bridgehead atoms. The van der Waals surface area contributed by atoms with Crippen LogP contribution in [-0.2, 0) is 0 Å². The lowest BCUT2D eigenvalue weighted by Gasteiger charge is -2.22. The minimum Gasteiger partial charge on any atom is -0.477 e. The lowest BCUT2D eigenvalue weighted by Crippen LogP contribution is -2.27. The van der Waals surface area contributed by atoms with E-state index in [-0.39, 0.29) is 29.4 Å². The van der Waals surface area contributed by atoms with Crippen molar-refractivity contribution < 1.29 is 14.3 Å². The molecule has 1 aromatic carbocycles. The number of halogens is 2. The maximum absolute atomic E-state index is 14.8. The van der Waals surface area contributed by atoms with Crippen LogP contribution in [0.3, 0.4) is 0 Å². The summed E-state index contributed by atoms with van der Waals surface area (Å²) in [6.07, 6.45) is 3.29. The summed E-state index contributed by atoms with van der Waals surface area (Å²) in [7, 11) is 0. The van der Waals surface area contributed by atoms with Gasteiger partial charge in [0.25, 0.3) is 0 Å². The van der Waals surface area contributed by atoms with Crippen LogP contribution in [-0.4, -0.2) is 41.8 Å². The highest BCUT2D eigenvalue weighted by Gasteiger charge is 2.30. The van der Waals surface area contributed by atoms with Gasteiger partial charge in [0, 0.05) is 43.8 Å².